The summed E-state index contributed by atoms with van der Waals surface area (Å²) in [6.45, 7) is 0. The van der Waals surface area contributed by atoms with Gasteiger partial charge in [0.25, 0.3) is 0 Å². The molecule has 0 aliphatic carbocycles. The summed E-state index contributed by atoms with van der Waals surface area (Å²) >= 11 is 0. The molecule has 0 spiro atoms. The first-order valence-electron chi connectivity index (χ1n) is 14.8. The molecule has 0 unspecified atom stereocenters. The third-order valence-electron chi connectivity index (χ3n) is 8.07. The Hall–Kier alpha value is -5.93. The predicted molar refractivity (Wildman–Crippen MR) is 183 cm³/mol. The highest BCUT2D eigenvalue weighted by atomic mass is 16.3. The molecule has 0 N–H and O–H groups in total. The molecule has 0 bridgehead atoms. The monoisotopic (exact) mass is 564 g/mol. The Labute approximate surface area is 256 Å². The van der Waals surface area contributed by atoms with Crippen LogP contribution in [0, 0.1) is 0 Å². The lowest BCUT2D eigenvalue weighted by molar-refractivity contribution is 0.621. The van der Waals surface area contributed by atoms with E-state index in [4.69, 9.17) is 9.40 Å². The van der Waals surface area contributed by atoms with Crippen LogP contribution in [0.2, 0.25) is 0 Å². The van der Waals surface area contributed by atoms with Crippen molar-refractivity contribution >= 4 is 38.9 Å². The van der Waals surface area contributed by atoms with E-state index in [-0.39, 0.29) is 0 Å². The van der Waals surface area contributed by atoms with E-state index in [1.165, 1.54) is 21.9 Å². The summed E-state index contributed by atoms with van der Waals surface area (Å²) < 4.78 is 6.38. The van der Waals surface area contributed by atoms with Gasteiger partial charge in [-0.15, -0.1) is 0 Å². The summed E-state index contributed by atoms with van der Waals surface area (Å²) in [5.41, 5.74) is 10.3. The number of aromatic nitrogens is 1. The van der Waals surface area contributed by atoms with Gasteiger partial charge in [-0.05, 0) is 82.1 Å². The zero-order valence-corrected chi connectivity index (χ0v) is 24.0. The molecular formula is C41H28N2O. The third kappa shape index (κ3) is 4.71. The summed E-state index contributed by atoms with van der Waals surface area (Å²) in [7, 11) is 0. The smallest absolute Gasteiger partial charge is 0.227 e. The van der Waals surface area contributed by atoms with E-state index in [9.17, 15) is 0 Å². The maximum atomic E-state index is 6.38. The summed E-state index contributed by atoms with van der Waals surface area (Å²) in [5.74, 6) is 0.625. The topological polar surface area (TPSA) is 29.3 Å². The SMILES string of the molecule is c1ccc(-c2nc3cccc(-c4cccc(N(c5ccccc5)c5cccc(-c6cccc7ccccc67)c5)c4)c3o2)cc1. The molecule has 0 atom stereocenters. The summed E-state index contributed by atoms with van der Waals surface area (Å²) in [6.07, 6.45) is 0. The Bertz CT molecular complexity index is 2230. The van der Waals surface area contributed by atoms with Crippen molar-refractivity contribution in [3.8, 4) is 33.7 Å². The van der Waals surface area contributed by atoms with Crippen LogP contribution >= 0.6 is 0 Å². The fraction of sp³-hybridized carbons (Fsp3) is 0. The fourth-order valence-electron chi connectivity index (χ4n) is 6.01. The molecule has 0 saturated heterocycles. The molecule has 8 rings (SSSR count). The number of anilines is 3. The number of hydrogen-bond donors (Lipinski definition) is 0. The summed E-state index contributed by atoms with van der Waals surface area (Å²) in [4.78, 5) is 7.12. The van der Waals surface area contributed by atoms with Gasteiger partial charge in [-0.2, -0.15) is 0 Å². The van der Waals surface area contributed by atoms with E-state index in [1.807, 2.05) is 42.5 Å². The number of nitrogens with zero attached hydrogens (tertiary/aromatic N) is 2. The quantitative estimate of drug-likeness (QED) is 0.201. The second-order valence-corrected chi connectivity index (χ2v) is 10.8. The highest BCUT2D eigenvalue weighted by Gasteiger charge is 2.17. The molecule has 0 saturated carbocycles. The van der Waals surface area contributed by atoms with Crippen LogP contribution in [-0.4, -0.2) is 4.98 Å². The molecule has 3 heteroatoms. The number of fused-ring (bicyclic) bond motifs is 2. The minimum absolute atomic E-state index is 0.625. The molecule has 8 aromatic rings. The van der Waals surface area contributed by atoms with Crippen molar-refractivity contribution in [2.24, 2.45) is 0 Å². The first-order valence-corrected chi connectivity index (χ1v) is 14.8. The van der Waals surface area contributed by atoms with Crippen LogP contribution in [0.4, 0.5) is 17.1 Å². The fourth-order valence-corrected chi connectivity index (χ4v) is 6.01. The summed E-state index contributed by atoms with van der Waals surface area (Å²) in [5, 5.41) is 2.48. The zero-order valence-electron chi connectivity index (χ0n) is 24.0. The molecule has 44 heavy (non-hydrogen) atoms. The number of rotatable bonds is 6. The minimum Gasteiger partial charge on any atom is -0.435 e. The van der Waals surface area contributed by atoms with Gasteiger partial charge in [0.15, 0.2) is 5.58 Å². The van der Waals surface area contributed by atoms with Crippen molar-refractivity contribution in [2.75, 3.05) is 4.90 Å². The van der Waals surface area contributed by atoms with E-state index in [2.05, 4.69) is 132 Å². The van der Waals surface area contributed by atoms with Gasteiger partial charge in [0.1, 0.15) is 5.52 Å². The number of hydrogen-bond acceptors (Lipinski definition) is 3. The number of para-hydroxylation sites is 2. The average Bonchev–Trinajstić information content (AvgIpc) is 3.54. The largest absolute Gasteiger partial charge is 0.435 e. The lowest BCUT2D eigenvalue weighted by Gasteiger charge is -2.26. The Kier molecular flexibility index (Phi) is 6.47. The zero-order chi connectivity index (χ0) is 29.3. The van der Waals surface area contributed by atoms with Crippen LogP contribution in [0.25, 0.3) is 55.6 Å². The molecule has 0 aliphatic heterocycles. The van der Waals surface area contributed by atoms with E-state index in [1.54, 1.807) is 0 Å². The van der Waals surface area contributed by atoms with Crippen molar-refractivity contribution in [2.45, 2.75) is 0 Å². The first kappa shape index (κ1) is 25.8. The van der Waals surface area contributed by atoms with Crippen molar-refractivity contribution in [3.05, 3.63) is 170 Å². The normalized spacial score (nSPS) is 11.2. The Balaban J connectivity index is 1.25. The molecule has 208 valence electrons. The Morgan fingerprint density at radius 3 is 1.75 bits per heavy atom. The molecule has 1 heterocycles. The highest BCUT2D eigenvalue weighted by Crippen LogP contribution is 2.40. The molecule has 3 nitrogen and oxygen atoms in total. The van der Waals surface area contributed by atoms with Gasteiger partial charge in [-0.25, -0.2) is 4.98 Å². The van der Waals surface area contributed by atoms with Crippen LogP contribution in [-0.2, 0) is 0 Å². The van der Waals surface area contributed by atoms with Crippen LogP contribution in [0.1, 0.15) is 0 Å². The Morgan fingerprint density at radius 2 is 0.977 bits per heavy atom. The molecule has 0 amide bonds. The average molecular weight is 565 g/mol. The van der Waals surface area contributed by atoms with E-state index >= 15 is 0 Å². The number of oxazole rings is 1. The second-order valence-electron chi connectivity index (χ2n) is 10.8. The van der Waals surface area contributed by atoms with Crippen molar-refractivity contribution < 1.29 is 4.42 Å². The maximum Gasteiger partial charge on any atom is 0.227 e. The molecule has 0 aliphatic rings. The highest BCUT2D eigenvalue weighted by molar-refractivity contribution is 5.98. The Morgan fingerprint density at radius 1 is 0.432 bits per heavy atom. The third-order valence-corrected chi connectivity index (χ3v) is 8.07. The molecular weight excluding hydrogens is 536 g/mol. The van der Waals surface area contributed by atoms with Gasteiger partial charge < -0.3 is 9.32 Å². The second kappa shape index (κ2) is 11.0. The molecule has 0 radical (unpaired) electrons. The van der Waals surface area contributed by atoms with E-state index in [0.717, 1.165) is 44.9 Å². The molecule has 0 fully saturated rings. The van der Waals surface area contributed by atoms with Crippen LogP contribution in [0.5, 0.6) is 0 Å². The molecule has 1 aromatic heterocycles. The van der Waals surface area contributed by atoms with Crippen LogP contribution < -0.4 is 4.90 Å². The van der Waals surface area contributed by atoms with Gasteiger partial charge in [-0.1, -0.05) is 115 Å². The van der Waals surface area contributed by atoms with Gasteiger partial charge in [0.05, 0.1) is 0 Å². The lowest BCUT2D eigenvalue weighted by atomic mass is 9.97. The van der Waals surface area contributed by atoms with Crippen molar-refractivity contribution in [3.63, 3.8) is 0 Å². The standard InChI is InChI=1S/C41H28N2O/c1-3-14-30(15-4-1)41-42-39-26-12-25-38(40(39)44-41)32-18-10-22-35(28-32)43(33-19-5-2-6-20-33)34-21-9-17-31(27-34)37-24-11-16-29-13-7-8-23-36(29)37/h1-28H. The van der Waals surface area contributed by atoms with Crippen LogP contribution in [0.15, 0.2) is 174 Å². The van der Waals surface area contributed by atoms with Gasteiger partial charge in [-0.3, -0.25) is 0 Å². The van der Waals surface area contributed by atoms with Crippen LogP contribution in [0.3, 0.4) is 0 Å². The molecule has 7 aromatic carbocycles. The van der Waals surface area contributed by atoms with E-state index in [0.29, 0.717) is 5.89 Å². The maximum absolute atomic E-state index is 6.38. The summed E-state index contributed by atoms with van der Waals surface area (Å²) in [6, 6.07) is 59.3. The van der Waals surface area contributed by atoms with Gasteiger partial charge >= 0.3 is 0 Å². The minimum atomic E-state index is 0.625. The van der Waals surface area contributed by atoms with E-state index < -0.39 is 0 Å². The lowest BCUT2D eigenvalue weighted by Crippen LogP contribution is -2.10. The van der Waals surface area contributed by atoms with Gasteiger partial charge in [0, 0.05) is 28.2 Å². The van der Waals surface area contributed by atoms with Gasteiger partial charge in [0.2, 0.25) is 5.89 Å². The van der Waals surface area contributed by atoms with Crippen molar-refractivity contribution in [1.29, 1.82) is 0 Å². The number of benzene rings is 7. The predicted octanol–water partition coefficient (Wildman–Crippen LogP) is 11.5. The van der Waals surface area contributed by atoms with Crippen molar-refractivity contribution in [1.82, 2.24) is 4.98 Å². The first-order chi connectivity index (χ1) is 21.8.